The Bertz CT molecular complexity index is 443. The van der Waals surface area contributed by atoms with E-state index in [0.29, 0.717) is 6.54 Å². The topological polar surface area (TPSA) is 12.0 Å². The standard InChI is InChI=1S/C11H9ClF3N/c12-9-2-1-7(5-10(9)13)8-3-4-16-6-11(8,14)15/h1-3,5,16H,4,6H2. The van der Waals surface area contributed by atoms with Gasteiger partial charge in [-0.3, -0.25) is 0 Å². The molecule has 1 aliphatic rings. The van der Waals surface area contributed by atoms with Gasteiger partial charge in [-0.25, -0.2) is 4.39 Å². The fraction of sp³-hybridized carbons (Fsp3) is 0.273. The van der Waals surface area contributed by atoms with Crippen LogP contribution in [-0.2, 0) is 0 Å². The van der Waals surface area contributed by atoms with Crippen LogP contribution in [0.1, 0.15) is 5.56 Å². The minimum absolute atomic E-state index is 0.0680. The van der Waals surface area contributed by atoms with Gasteiger partial charge < -0.3 is 5.32 Å². The van der Waals surface area contributed by atoms with E-state index in [9.17, 15) is 13.2 Å². The third-order valence-electron chi connectivity index (χ3n) is 2.42. The lowest BCUT2D eigenvalue weighted by Gasteiger charge is -2.25. The molecule has 1 N–H and O–H groups in total. The summed E-state index contributed by atoms with van der Waals surface area (Å²) in [4.78, 5) is 0. The van der Waals surface area contributed by atoms with Crippen LogP contribution in [0.5, 0.6) is 0 Å². The van der Waals surface area contributed by atoms with Gasteiger partial charge in [0.2, 0.25) is 0 Å². The molecule has 0 saturated carbocycles. The Kier molecular flexibility index (Phi) is 2.95. The maximum Gasteiger partial charge on any atom is 0.285 e. The Morgan fingerprint density at radius 2 is 2.06 bits per heavy atom. The number of alkyl halides is 2. The fourth-order valence-corrected chi connectivity index (χ4v) is 1.76. The Morgan fingerprint density at radius 1 is 1.31 bits per heavy atom. The van der Waals surface area contributed by atoms with Crippen molar-refractivity contribution in [3.8, 4) is 0 Å². The van der Waals surface area contributed by atoms with Crippen molar-refractivity contribution in [3.63, 3.8) is 0 Å². The van der Waals surface area contributed by atoms with Gasteiger partial charge in [-0.05, 0) is 17.7 Å². The molecule has 0 saturated heterocycles. The summed E-state index contributed by atoms with van der Waals surface area (Å²) in [5, 5.41) is 2.49. The van der Waals surface area contributed by atoms with Crippen molar-refractivity contribution < 1.29 is 13.2 Å². The molecule has 1 aromatic carbocycles. The lowest BCUT2D eigenvalue weighted by Crippen LogP contribution is -2.38. The van der Waals surface area contributed by atoms with E-state index in [1.807, 2.05) is 0 Å². The minimum Gasteiger partial charge on any atom is -0.307 e. The van der Waals surface area contributed by atoms with Crippen LogP contribution in [-0.4, -0.2) is 19.0 Å². The van der Waals surface area contributed by atoms with Crippen LogP contribution in [0.4, 0.5) is 13.2 Å². The normalized spacial score (nSPS) is 19.4. The summed E-state index contributed by atoms with van der Waals surface area (Å²) >= 11 is 5.50. The summed E-state index contributed by atoms with van der Waals surface area (Å²) in [6.07, 6.45) is 1.37. The molecule has 1 aromatic rings. The quantitative estimate of drug-likeness (QED) is 0.804. The zero-order chi connectivity index (χ0) is 11.8. The molecule has 0 atom stereocenters. The molecule has 2 rings (SSSR count). The van der Waals surface area contributed by atoms with Gasteiger partial charge in [-0.2, -0.15) is 8.78 Å². The molecular formula is C11H9ClF3N. The Balaban J connectivity index is 2.43. The third-order valence-corrected chi connectivity index (χ3v) is 2.73. The number of rotatable bonds is 1. The molecule has 0 aliphatic carbocycles. The first kappa shape index (κ1) is 11.5. The molecule has 16 heavy (non-hydrogen) atoms. The summed E-state index contributed by atoms with van der Waals surface area (Å²) in [5.41, 5.74) is 0.0233. The first-order valence-electron chi connectivity index (χ1n) is 4.75. The predicted molar refractivity (Wildman–Crippen MR) is 57.2 cm³/mol. The molecule has 0 amide bonds. The Labute approximate surface area is 95.9 Å². The van der Waals surface area contributed by atoms with Gasteiger partial charge in [0.1, 0.15) is 5.82 Å². The first-order valence-corrected chi connectivity index (χ1v) is 5.13. The van der Waals surface area contributed by atoms with E-state index < -0.39 is 18.3 Å². The molecular weight excluding hydrogens is 239 g/mol. The van der Waals surface area contributed by atoms with E-state index in [4.69, 9.17) is 11.6 Å². The lowest BCUT2D eigenvalue weighted by molar-refractivity contribution is 0.0636. The van der Waals surface area contributed by atoms with Crippen molar-refractivity contribution in [3.05, 3.63) is 40.7 Å². The van der Waals surface area contributed by atoms with Crippen LogP contribution >= 0.6 is 11.6 Å². The molecule has 1 heterocycles. The molecule has 0 spiro atoms. The largest absolute Gasteiger partial charge is 0.307 e. The molecule has 0 unspecified atom stereocenters. The van der Waals surface area contributed by atoms with Crippen molar-refractivity contribution in [2.24, 2.45) is 0 Å². The van der Waals surface area contributed by atoms with Crippen LogP contribution in [0.3, 0.4) is 0 Å². The Morgan fingerprint density at radius 3 is 2.69 bits per heavy atom. The molecule has 0 radical (unpaired) electrons. The highest BCUT2D eigenvalue weighted by molar-refractivity contribution is 6.30. The number of hydrogen-bond donors (Lipinski definition) is 1. The average molecular weight is 248 g/mol. The minimum atomic E-state index is -2.97. The summed E-state index contributed by atoms with van der Waals surface area (Å²) in [6.45, 7) is -0.0712. The molecule has 1 aliphatic heterocycles. The van der Waals surface area contributed by atoms with Crippen molar-refractivity contribution in [2.75, 3.05) is 13.1 Å². The van der Waals surface area contributed by atoms with Gasteiger partial charge in [0.05, 0.1) is 11.6 Å². The highest BCUT2D eigenvalue weighted by atomic mass is 35.5. The van der Waals surface area contributed by atoms with E-state index >= 15 is 0 Å². The number of halogens is 4. The average Bonchev–Trinajstić information content (AvgIpc) is 2.22. The number of nitrogens with one attached hydrogen (secondary N) is 1. The third kappa shape index (κ3) is 2.08. The number of benzene rings is 1. The second-order valence-corrected chi connectivity index (χ2v) is 3.99. The van der Waals surface area contributed by atoms with Crippen molar-refractivity contribution in [1.82, 2.24) is 5.32 Å². The smallest absolute Gasteiger partial charge is 0.285 e. The van der Waals surface area contributed by atoms with Crippen LogP contribution in [0, 0.1) is 5.82 Å². The fourth-order valence-electron chi connectivity index (χ4n) is 1.64. The second kappa shape index (κ2) is 4.11. The maximum atomic E-state index is 13.5. The molecule has 1 nitrogen and oxygen atoms in total. The van der Waals surface area contributed by atoms with Crippen molar-refractivity contribution in [1.29, 1.82) is 0 Å². The van der Waals surface area contributed by atoms with Crippen LogP contribution in [0.15, 0.2) is 24.3 Å². The van der Waals surface area contributed by atoms with E-state index in [1.54, 1.807) is 0 Å². The van der Waals surface area contributed by atoms with E-state index in [0.717, 1.165) is 6.07 Å². The highest BCUT2D eigenvalue weighted by Gasteiger charge is 2.36. The van der Waals surface area contributed by atoms with E-state index in [-0.39, 0.29) is 16.2 Å². The molecule has 0 aromatic heterocycles. The predicted octanol–water partition coefficient (Wildman–Crippen LogP) is 3.10. The zero-order valence-electron chi connectivity index (χ0n) is 8.24. The lowest BCUT2D eigenvalue weighted by atomic mass is 9.97. The van der Waals surface area contributed by atoms with Crippen molar-refractivity contribution >= 4 is 17.2 Å². The Hall–Kier alpha value is -1.00. The van der Waals surface area contributed by atoms with E-state index in [1.165, 1.54) is 18.2 Å². The molecule has 5 heteroatoms. The van der Waals surface area contributed by atoms with Gasteiger partial charge >= 0.3 is 0 Å². The molecule has 86 valence electrons. The van der Waals surface area contributed by atoms with Crippen LogP contribution in [0.25, 0.3) is 5.57 Å². The molecule has 0 fully saturated rings. The molecule has 0 bridgehead atoms. The summed E-state index contributed by atoms with van der Waals surface area (Å²) in [5.74, 6) is -3.66. The van der Waals surface area contributed by atoms with Gasteiger partial charge in [-0.1, -0.05) is 23.7 Å². The first-order chi connectivity index (χ1) is 7.50. The number of hydrogen-bond acceptors (Lipinski definition) is 1. The van der Waals surface area contributed by atoms with E-state index in [2.05, 4.69) is 5.32 Å². The monoisotopic (exact) mass is 247 g/mol. The van der Waals surface area contributed by atoms with Gasteiger partial charge in [0.15, 0.2) is 0 Å². The maximum absolute atomic E-state index is 13.5. The summed E-state index contributed by atoms with van der Waals surface area (Å²) in [6, 6.07) is 3.72. The SMILES string of the molecule is Fc1cc(C2=CCNCC2(F)F)ccc1Cl. The van der Waals surface area contributed by atoms with Crippen LogP contribution in [0.2, 0.25) is 5.02 Å². The highest BCUT2D eigenvalue weighted by Crippen LogP contribution is 2.34. The van der Waals surface area contributed by atoms with Crippen molar-refractivity contribution in [2.45, 2.75) is 5.92 Å². The zero-order valence-corrected chi connectivity index (χ0v) is 8.99. The summed E-state index contributed by atoms with van der Waals surface area (Å²) in [7, 11) is 0. The second-order valence-electron chi connectivity index (χ2n) is 3.58. The van der Waals surface area contributed by atoms with Gasteiger partial charge in [0.25, 0.3) is 5.92 Å². The summed E-state index contributed by atoms with van der Waals surface area (Å²) < 4.78 is 40.2. The van der Waals surface area contributed by atoms with Gasteiger partial charge in [0, 0.05) is 12.1 Å². The van der Waals surface area contributed by atoms with Crippen LogP contribution < -0.4 is 5.32 Å². The van der Waals surface area contributed by atoms with Gasteiger partial charge in [-0.15, -0.1) is 0 Å².